The van der Waals surface area contributed by atoms with Crippen molar-refractivity contribution in [1.82, 2.24) is 0 Å². The Balaban J connectivity index is 2.25. The van der Waals surface area contributed by atoms with E-state index in [0.717, 1.165) is 22.6 Å². The molecule has 0 spiro atoms. The van der Waals surface area contributed by atoms with Gasteiger partial charge in [0, 0.05) is 16.5 Å². The van der Waals surface area contributed by atoms with Crippen LogP contribution in [0, 0.1) is 11.3 Å². The minimum Gasteiger partial charge on any atom is -0.490 e. The molecular formula is C17H16BrNO2. The third-order valence-corrected chi connectivity index (χ3v) is 3.62. The van der Waals surface area contributed by atoms with E-state index in [1.54, 1.807) is 6.07 Å². The molecule has 108 valence electrons. The van der Waals surface area contributed by atoms with Crippen molar-refractivity contribution in [2.75, 3.05) is 6.61 Å². The van der Waals surface area contributed by atoms with E-state index >= 15 is 0 Å². The SMILES string of the molecule is CCOc1cccc(CBr)c1OCc1ccccc1C#N. The minimum absolute atomic E-state index is 0.341. The van der Waals surface area contributed by atoms with E-state index in [1.807, 2.05) is 43.3 Å². The van der Waals surface area contributed by atoms with E-state index in [9.17, 15) is 0 Å². The molecule has 2 aromatic rings. The quantitative estimate of drug-likeness (QED) is 0.727. The molecule has 4 heteroatoms. The highest BCUT2D eigenvalue weighted by atomic mass is 79.9. The second-order valence-corrected chi connectivity index (χ2v) is 4.93. The van der Waals surface area contributed by atoms with Gasteiger partial charge in [-0.1, -0.05) is 46.3 Å². The van der Waals surface area contributed by atoms with Crippen molar-refractivity contribution in [3.63, 3.8) is 0 Å². The number of nitriles is 1. The molecule has 2 rings (SSSR count). The molecule has 0 aromatic heterocycles. The zero-order valence-electron chi connectivity index (χ0n) is 11.8. The van der Waals surface area contributed by atoms with Gasteiger partial charge >= 0.3 is 0 Å². The molecule has 0 saturated heterocycles. The Hall–Kier alpha value is -1.99. The van der Waals surface area contributed by atoms with Gasteiger partial charge in [-0.3, -0.25) is 0 Å². The molecular weight excluding hydrogens is 330 g/mol. The average molecular weight is 346 g/mol. The lowest BCUT2D eigenvalue weighted by molar-refractivity contribution is 0.267. The number of nitrogens with zero attached hydrogens (tertiary/aromatic N) is 1. The number of benzene rings is 2. The van der Waals surface area contributed by atoms with Gasteiger partial charge in [0.15, 0.2) is 11.5 Å². The predicted octanol–water partition coefficient (Wildman–Crippen LogP) is 4.43. The molecule has 0 aliphatic rings. The summed E-state index contributed by atoms with van der Waals surface area (Å²) in [5.74, 6) is 1.45. The summed E-state index contributed by atoms with van der Waals surface area (Å²) in [6.45, 7) is 2.86. The maximum Gasteiger partial charge on any atom is 0.165 e. The first-order valence-electron chi connectivity index (χ1n) is 6.71. The van der Waals surface area contributed by atoms with Gasteiger partial charge in [0.25, 0.3) is 0 Å². The van der Waals surface area contributed by atoms with Crippen molar-refractivity contribution >= 4 is 15.9 Å². The summed E-state index contributed by atoms with van der Waals surface area (Å²) < 4.78 is 11.5. The lowest BCUT2D eigenvalue weighted by Crippen LogP contribution is -2.03. The predicted molar refractivity (Wildman–Crippen MR) is 85.7 cm³/mol. The van der Waals surface area contributed by atoms with E-state index in [1.165, 1.54) is 0 Å². The van der Waals surface area contributed by atoms with Crippen LogP contribution >= 0.6 is 15.9 Å². The minimum atomic E-state index is 0.341. The monoisotopic (exact) mass is 345 g/mol. The van der Waals surface area contributed by atoms with Gasteiger partial charge in [0.05, 0.1) is 18.2 Å². The summed E-state index contributed by atoms with van der Waals surface area (Å²) in [6.07, 6.45) is 0. The number of ether oxygens (including phenoxy) is 2. The summed E-state index contributed by atoms with van der Waals surface area (Å²) in [5, 5.41) is 9.80. The number of rotatable bonds is 6. The molecule has 0 unspecified atom stereocenters. The van der Waals surface area contributed by atoms with Gasteiger partial charge in [-0.05, 0) is 19.1 Å². The van der Waals surface area contributed by atoms with E-state index in [4.69, 9.17) is 14.7 Å². The van der Waals surface area contributed by atoms with Gasteiger partial charge in [0.1, 0.15) is 6.61 Å². The van der Waals surface area contributed by atoms with Crippen LogP contribution in [0.4, 0.5) is 0 Å². The summed E-state index contributed by atoms with van der Waals surface area (Å²) >= 11 is 3.46. The lowest BCUT2D eigenvalue weighted by atomic mass is 10.1. The van der Waals surface area contributed by atoms with Gasteiger partial charge in [0.2, 0.25) is 0 Å². The van der Waals surface area contributed by atoms with Crippen LogP contribution in [0.15, 0.2) is 42.5 Å². The maximum atomic E-state index is 9.12. The molecule has 0 aliphatic heterocycles. The summed E-state index contributed by atoms with van der Waals surface area (Å²) in [4.78, 5) is 0. The maximum absolute atomic E-state index is 9.12. The fourth-order valence-electron chi connectivity index (χ4n) is 2.00. The fraction of sp³-hybridized carbons (Fsp3) is 0.235. The highest BCUT2D eigenvalue weighted by Gasteiger charge is 2.11. The van der Waals surface area contributed by atoms with E-state index < -0.39 is 0 Å². The molecule has 0 radical (unpaired) electrons. The summed E-state index contributed by atoms with van der Waals surface area (Å²) in [6, 6.07) is 15.4. The van der Waals surface area contributed by atoms with Crippen molar-refractivity contribution < 1.29 is 9.47 Å². The third-order valence-electron chi connectivity index (χ3n) is 3.01. The number of hydrogen-bond donors (Lipinski definition) is 0. The molecule has 0 atom stereocenters. The van der Waals surface area contributed by atoms with Crippen molar-refractivity contribution in [2.24, 2.45) is 0 Å². The van der Waals surface area contributed by atoms with Gasteiger partial charge in [-0.2, -0.15) is 5.26 Å². The number of para-hydroxylation sites is 1. The largest absolute Gasteiger partial charge is 0.490 e. The van der Waals surface area contributed by atoms with Crippen LogP contribution in [-0.2, 0) is 11.9 Å². The van der Waals surface area contributed by atoms with Crippen LogP contribution in [0.1, 0.15) is 23.6 Å². The number of alkyl halides is 1. The van der Waals surface area contributed by atoms with Crippen molar-refractivity contribution in [2.45, 2.75) is 18.9 Å². The number of hydrogen-bond acceptors (Lipinski definition) is 3. The topological polar surface area (TPSA) is 42.2 Å². The molecule has 2 aromatic carbocycles. The van der Waals surface area contributed by atoms with Crippen LogP contribution in [-0.4, -0.2) is 6.61 Å². The van der Waals surface area contributed by atoms with Crippen LogP contribution in [0.2, 0.25) is 0 Å². The second-order valence-electron chi connectivity index (χ2n) is 4.37. The van der Waals surface area contributed by atoms with E-state index in [-0.39, 0.29) is 0 Å². The zero-order chi connectivity index (χ0) is 15.1. The Morgan fingerprint density at radius 2 is 1.81 bits per heavy atom. The first-order valence-corrected chi connectivity index (χ1v) is 7.83. The number of halogens is 1. The van der Waals surface area contributed by atoms with Crippen molar-refractivity contribution in [3.8, 4) is 17.6 Å². The Bertz CT molecular complexity index is 649. The fourth-order valence-corrected chi connectivity index (χ4v) is 2.45. The Morgan fingerprint density at radius 3 is 2.52 bits per heavy atom. The first kappa shape index (κ1) is 15.4. The average Bonchev–Trinajstić information content (AvgIpc) is 2.54. The Morgan fingerprint density at radius 1 is 1.05 bits per heavy atom. The van der Waals surface area contributed by atoms with Gasteiger partial charge < -0.3 is 9.47 Å². The molecule has 0 N–H and O–H groups in total. The zero-order valence-corrected chi connectivity index (χ0v) is 13.4. The summed E-state index contributed by atoms with van der Waals surface area (Å²) in [5.41, 5.74) is 2.52. The van der Waals surface area contributed by atoms with Crippen LogP contribution < -0.4 is 9.47 Å². The van der Waals surface area contributed by atoms with E-state index in [0.29, 0.717) is 24.1 Å². The molecule has 0 bridgehead atoms. The molecule has 21 heavy (non-hydrogen) atoms. The summed E-state index contributed by atoms with van der Waals surface area (Å²) in [7, 11) is 0. The highest BCUT2D eigenvalue weighted by Crippen LogP contribution is 2.33. The third kappa shape index (κ3) is 3.77. The van der Waals surface area contributed by atoms with Crippen LogP contribution in [0.3, 0.4) is 0 Å². The Labute approximate surface area is 133 Å². The molecule has 3 nitrogen and oxygen atoms in total. The normalized spacial score (nSPS) is 9.95. The molecule has 0 amide bonds. The van der Waals surface area contributed by atoms with Crippen molar-refractivity contribution in [1.29, 1.82) is 5.26 Å². The highest BCUT2D eigenvalue weighted by molar-refractivity contribution is 9.08. The van der Waals surface area contributed by atoms with Crippen molar-refractivity contribution in [3.05, 3.63) is 59.2 Å². The van der Waals surface area contributed by atoms with Crippen LogP contribution in [0.25, 0.3) is 0 Å². The molecule has 0 heterocycles. The second kappa shape index (κ2) is 7.70. The lowest BCUT2D eigenvalue weighted by Gasteiger charge is -2.15. The first-order chi connectivity index (χ1) is 10.3. The molecule has 0 fully saturated rings. The van der Waals surface area contributed by atoms with Crippen LogP contribution in [0.5, 0.6) is 11.5 Å². The Kier molecular flexibility index (Phi) is 5.65. The smallest absolute Gasteiger partial charge is 0.165 e. The molecule has 0 saturated carbocycles. The van der Waals surface area contributed by atoms with Gasteiger partial charge in [-0.25, -0.2) is 0 Å². The standard InChI is InChI=1S/C17H16BrNO2/c1-2-20-16-9-5-8-13(10-18)17(16)21-12-15-7-4-3-6-14(15)11-19/h3-9H,2,10,12H2,1H3. The molecule has 0 aliphatic carbocycles. The van der Waals surface area contributed by atoms with Gasteiger partial charge in [-0.15, -0.1) is 0 Å². The van der Waals surface area contributed by atoms with E-state index in [2.05, 4.69) is 22.0 Å².